The molecule has 0 saturated carbocycles. The lowest BCUT2D eigenvalue weighted by Gasteiger charge is -2.37. The highest BCUT2D eigenvalue weighted by molar-refractivity contribution is 7.10. The summed E-state index contributed by atoms with van der Waals surface area (Å²) in [5.74, 6) is -0.0774. The second kappa shape index (κ2) is 10.9. The minimum Gasteiger partial charge on any atom is -0.493 e. The number of hydrogen-bond donors (Lipinski definition) is 0. The fourth-order valence-corrected chi connectivity index (χ4v) is 5.22. The van der Waals surface area contributed by atoms with Gasteiger partial charge in [-0.3, -0.25) is 9.59 Å². The highest BCUT2D eigenvalue weighted by Crippen LogP contribution is 2.35. The fraction of sp³-hybridized carbons (Fsp3) is 0.333. The van der Waals surface area contributed by atoms with Gasteiger partial charge in [0.2, 0.25) is 5.91 Å². The van der Waals surface area contributed by atoms with E-state index in [-0.39, 0.29) is 36.7 Å². The monoisotopic (exact) mass is 496 g/mol. The van der Waals surface area contributed by atoms with Crippen LogP contribution < -0.4 is 9.47 Å². The van der Waals surface area contributed by atoms with Gasteiger partial charge in [-0.15, -0.1) is 11.3 Å². The summed E-state index contributed by atoms with van der Waals surface area (Å²) in [5.41, 5.74) is 1.02. The van der Waals surface area contributed by atoms with Crippen molar-refractivity contribution >= 4 is 23.2 Å². The van der Waals surface area contributed by atoms with E-state index in [1.54, 1.807) is 29.4 Å². The predicted octanol–water partition coefficient (Wildman–Crippen LogP) is 4.95. The zero-order valence-corrected chi connectivity index (χ0v) is 20.9. The first kappa shape index (κ1) is 24.7. The van der Waals surface area contributed by atoms with Crippen molar-refractivity contribution in [2.24, 2.45) is 0 Å². The average Bonchev–Trinajstić information content (AvgIpc) is 3.34. The van der Waals surface area contributed by atoms with Gasteiger partial charge in [0.05, 0.1) is 18.7 Å². The summed E-state index contributed by atoms with van der Waals surface area (Å²) in [6, 6.07) is 14.7. The molecule has 6 nitrogen and oxygen atoms in total. The molecule has 2 heterocycles. The molecule has 35 heavy (non-hydrogen) atoms. The molecule has 0 aliphatic carbocycles. The van der Waals surface area contributed by atoms with Crippen molar-refractivity contribution in [3.05, 3.63) is 81.8 Å². The van der Waals surface area contributed by atoms with Crippen molar-refractivity contribution in [3.8, 4) is 11.5 Å². The highest BCUT2D eigenvalue weighted by Gasteiger charge is 2.34. The van der Waals surface area contributed by atoms with Crippen LogP contribution in [0.5, 0.6) is 11.5 Å². The Morgan fingerprint density at radius 1 is 1.11 bits per heavy atom. The molecular weight excluding hydrogens is 467 g/mol. The number of rotatable bonds is 8. The van der Waals surface area contributed by atoms with Gasteiger partial charge in [0.1, 0.15) is 19.0 Å². The molecule has 1 aromatic heterocycles. The lowest BCUT2D eigenvalue weighted by Crippen LogP contribution is -2.49. The molecular formula is C27H29FN2O4S. The molecule has 1 aliphatic heterocycles. The first-order chi connectivity index (χ1) is 16.9. The molecule has 0 spiro atoms. The molecule has 1 atom stereocenters. The van der Waals surface area contributed by atoms with Crippen LogP contribution in [-0.4, -0.2) is 54.5 Å². The predicted molar refractivity (Wildman–Crippen MR) is 134 cm³/mol. The first-order valence-electron chi connectivity index (χ1n) is 11.6. The van der Waals surface area contributed by atoms with E-state index in [9.17, 15) is 14.0 Å². The molecule has 0 radical (unpaired) electrons. The van der Waals surface area contributed by atoms with Crippen molar-refractivity contribution in [2.45, 2.75) is 32.4 Å². The summed E-state index contributed by atoms with van der Waals surface area (Å²) in [6.45, 7) is 4.27. The fourth-order valence-electron chi connectivity index (χ4n) is 4.30. The zero-order valence-electron chi connectivity index (χ0n) is 20.1. The molecule has 3 aromatic rings. The van der Waals surface area contributed by atoms with Crippen molar-refractivity contribution in [3.63, 3.8) is 0 Å². The Kier molecular flexibility index (Phi) is 7.70. The maximum Gasteiger partial charge on any atom is 0.257 e. The van der Waals surface area contributed by atoms with Gasteiger partial charge in [0.25, 0.3) is 5.91 Å². The van der Waals surface area contributed by atoms with Crippen LogP contribution in [-0.2, 0) is 11.2 Å². The van der Waals surface area contributed by atoms with Crippen molar-refractivity contribution in [2.75, 3.05) is 26.8 Å². The summed E-state index contributed by atoms with van der Waals surface area (Å²) in [4.78, 5) is 31.1. The number of amides is 2. The van der Waals surface area contributed by atoms with E-state index in [1.165, 1.54) is 28.0 Å². The first-order valence-corrected chi connectivity index (χ1v) is 12.5. The number of carbonyl (C=O) groups is 2. The number of carbonyl (C=O) groups excluding carboxylic acids is 2. The zero-order chi connectivity index (χ0) is 24.9. The maximum atomic E-state index is 14.3. The largest absolute Gasteiger partial charge is 0.493 e. The molecule has 0 saturated heterocycles. The van der Waals surface area contributed by atoms with E-state index in [0.29, 0.717) is 18.0 Å². The van der Waals surface area contributed by atoms with Crippen molar-refractivity contribution in [1.82, 2.24) is 9.80 Å². The molecule has 1 aliphatic rings. The van der Waals surface area contributed by atoms with E-state index in [1.807, 2.05) is 49.6 Å². The minimum atomic E-state index is -0.598. The third kappa shape index (κ3) is 5.32. The van der Waals surface area contributed by atoms with Crippen LogP contribution in [0.25, 0.3) is 0 Å². The number of fused-ring (bicyclic) bond motifs is 1. The van der Waals surface area contributed by atoms with Crippen LogP contribution in [0, 0.1) is 5.82 Å². The molecule has 184 valence electrons. The van der Waals surface area contributed by atoms with Gasteiger partial charge in [-0.05, 0) is 61.5 Å². The van der Waals surface area contributed by atoms with Crippen LogP contribution in [0.2, 0.25) is 0 Å². The number of para-hydroxylation sites is 2. The van der Waals surface area contributed by atoms with Gasteiger partial charge in [-0.1, -0.05) is 24.3 Å². The Morgan fingerprint density at radius 3 is 2.54 bits per heavy atom. The molecule has 2 amide bonds. The SMILES string of the molecule is COc1ccccc1OC[C@H]1c2ccsc2CCN1C(=O)CN(C(=O)c1ccccc1F)C(C)C. The van der Waals surface area contributed by atoms with Gasteiger partial charge in [0, 0.05) is 17.5 Å². The third-order valence-electron chi connectivity index (χ3n) is 6.18. The molecule has 8 heteroatoms. The molecule has 0 unspecified atom stereocenters. The minimum absolute atomic E-state index is 0.0381. The summed E-state index contributed by atoms with van der Waals surface area (Å²) in [5, 5.41) is 2.02. The van der Waals surface area contributed by atoms with Gasteiger partial charge < -0.3 is 19.3 Å². The van der Waals surface area contributed by atoms with E-state index in [0.717, 1.165) is 12.0 Å². The average molecular weight is 497 g/mol. The Labute approximate surface area is 208 Å². The lowest BCUT2D eigenvalue weighted by atomic mass is 10.00. The van der Waals surface area contributed by atoms with E-state index in [2.05, 4.69) is 0 Å². The third-order valence-corrected chi connectivity index (χ3v) is 7.17. The summed E-state index contributed by atoms with van der Waals surface area (Å²) >= 11 is 1.67. The van der Waals surface area contributed by atoms with E-state index < -0.39 is 11.7 Å². The number of nitrogens with zero attached hydrogens (tertiary/aromatic N) is 2. The number of hydrogen-bond acceptors (Lipinski definition) is 5. The van der Waals surface area contributed by atoms with Gasteiger partial charge in [-0.2, -0.15) is 0 Å². The van der Waals surface area contributed by atoms with Crippen LogP contribution in [0.3, 0.4) is 0 Å². The van der Waals surface area contributed by atoms with E-state index >= 15 is 0 Å². The number of ether oxygens (including phenoxy) is 2. The number of methoxy groups -OCH3 is 1. The van der Waals surface area contributed by atoms with Crippen LogP contribution in [0.4, 0.5) is 4.39 Å². The van der Waals surface area contributed by atoms with Gasteiger partial charge in [-0.25, -0.2) is 4.39 Å². The normalized spacial score (nSPS) is 15.0. The number of benzene rings is 2. The number of halogens is 1. The Bertz CT molecular complexity index is 1200. The summed E-state index contributed by atoms with van der Waals surface area (Å²) in [7, 11) is 1.59. The van der Waals surface area contributed by atoms with Crippen LogP contribution in [0.1, 0.15) is 40.7 Å². The highest BCUT2D eigenvalue weighted by atomic mass is 32.1. The quantitative estimate of drug-likeness (QED) is 0.443. The van der Waals surface area contributed by atoms with Crippen molar-refractivity contribution in [1.29, 1.82) is 0 Å². The smallest absolute Gasteiger partial charge is 0.257 e. The summed E-state index contributed by atoms with van der Waals surface area (Å²) < 4.78 is 25.8. The summed E-state index contributed by atoms with van der Waals surface area (Å²) in [6.07, 6.45) is 0.743. The molecule has 4 rings (SSSR count). The van der Waals surface area contributed by atoms with Gasteiger partial charge >= 0.3 is 0 Å². The van der Waals surface area contributed by atoms with Crippen LogP contribution >= 0.6 is 11.3 Å². The molecule has 2 aromatic carbocycles. The standard InChI is InChI=1S/C27H29FN2O4S/c1-18(2)30(27(32)19-8-4-5-9-21(19)28)16-26(31)29-14-12-25-20(13-15-35-25)22(29)17-34-24-11-7-6-10-23(24)33-3/h4-11,13,15,18,22H,12,14,16-17H2,1-3H3/t22-/m0/s1. The van der Waals surface area contributed by atoms with E-state index in [4.69, 9.17) is 9.47 Å². The second-order valence-corrected chi connectivity index (χ2v) is 9.62. The Hall–Kier alpha value is -3.39. The Morgan fingerprint density at radius 2 is 1.83 bits per heavy atom. The van der Waals surface area contributed by atoms with Gasteiger partial charge in [0.15, 0.2) is 11.5 Å². The van der Waals surface area contributed by atoms with Crippen molar-refractivity contribution < 1.29 is 23.5 Å². The molecule has 0 bridgehead atoms. The number of thiophene rings is 1. The molecule has 0 N–H and O–H groups in total. The molecule has 0 fully saturated rings. The Balaban J connectivity index is 1.55. The lowest BCUT2D eigenvalue weighted by molar-refractivity contribution is -0.136. The topological polar surface area (TPSA) is 59.1 Å². The van der Waals surface area contributed by atoms with Crippen LogP contribution in [0.15, 0.2) is 60.0 Å². The maximum absolute atomic E-state index is 14.3. The second-order valence-electron chi connectivity index (χ2n) is 8.62.